The van der Waals surface area contributed by atoms with Crippen LogP contribution in [0.25, 0.3) is 10.9 Å². The highest BCUT2D eigenvalue weighted by Crippen LogP contribution is 2.49. The molecule has 2 fully saturated rings. The van der Waals surface area contributed by atoms with Gasteiger partial charge in [-0.3, -0.25) is 0 Å². The molecule has 2 aromatic heterocycles. The number of ether oxygens (including phenoxy) is 1. The lowest BCUT2D eigenvalue weighted by molar-refractivity contribution is 0.0677. The van der Waals surface area contributed by atoms with E-state index in [2.05, 4.69) is 19.8 Å². The molecule has 1 aromatic carbocycles. The predicted octanol–water partition coefficient (Wildman–Crippen LogP) is 2.53. The van der Waals surface area contributed by atoms with Crippen LogP contribution in [0.2, 0.25) is 0 Å². The molecule has 5 rings (SSSR count). The number of hydrogen-bond donors (Lipinski definition) is 2. The number of benzene rings is 1. The summed E-state index contributed by atoms with van der Waals surface area (Å²) in [7, 11) is 1.65. The number of anilines is 2. The fourth-order valence-electron chi connectivity index (χ4n) is 4.37. The molecule has 3 N–H and O–H groups in total. The minimum atomic E-state index is -1.42. The zero-order valence-corrected chi connectivity index (χ0v) is 19.0. The molecule has 0 spiro atoms. The lowest BCUT2D eigenvalue weighted by Gasteiger charge is -2.37. The van der Waals surface area contributed by atoms with E-state index in [1.165, 1.54) is 0 Å². The van der Waals surface area contributed by atoms with Crippen molar-refractivity contribution >= 4 is 22.5 Å². The summed E-state index contributed by atoms with van der Waals surface area (Å²) in [6, 6.07) is 9.47. The summed E-state index contributed by atoms with van der Waals surface area (Å²) < 4.78 is 20.4. The smallest absolute Gasteiger partial charge is 0.171 e. The highest BCUT2D eigenvalue weighted by molar-refractivity contribution is 5.90. The molecule has 3 heterocycles. The summed E-state index contributed by atoms with van der Waals surface area (Å²) in [4.78, 5) is 18.1. The number of piperazine rings is 1. The fourth-order valence-corrected chi connectivity index (χ4v) is 4.37. The third-order valence-electron chi connectivity index (χ3n) is 6.24. The maximum absolute atomic E-state index is 15.0. The maximum atomic E-state index is 15.0. The van der Waals surface area contributed by atoms with Crippen molar-refractivity contribution in [1.29, 1.82) is 0 Å². The molecule has 2 aliphatic rings. The second-order valence-electron chi connectivity index (χ2n) is 9.22. The topological polar surface area (TPSA) is 101 Å². The first kappa shape index (κ1) is 21.8. The van der Waals surface area contributed by atoms with Crippen molar-refractivity contribution < 1.29 is 14.2 Å². The van der Waals surface area contributed by atoms with Crippen molar-refractivity contribution in [1.82, 2.24) is 15.0 Å². The summed E-state index contributed by atoms with van der Waals surface area (Å²) >= 11 is 0. The molecule has 1 unspecified atom stereocenters. The molecule has 0 amide bonds. The van der Waals surface area contributed by atoms with Crippen LogP contribution in [0.5, 0.6) is 5.75 Å². The number of aromatic nitrogens is 3. The summed E-state index contributed by atoms with van der Waals surface area (Å²) in [5, 5.41) is 10.9. The molecule has 174 valence electrons. The minimum Gasteiger partial charge on any atom is -0.493 e. The Morgan fingerprint density at radius 2 is 1.82 bits per heavy atom. The van der Waals surface area contributed by atoms with Crippen LogP contribution in [0.15, 0.2) is 36.5 Å². The summed E-state index contributed by atoms with van der Waals surface area (Å²) in [6.45, 7) is 4.42. The molecule has 1 saturated carbocycles. The van der Waals surface area contributed by atoms with Gasteiger partial charge in [-0.1, -0.05) is 6.07 Å². The maximum Gasteiger partial charge on any atom is 0.171 e. The Morgan fingerprint density at radius 1 is 1.12 bits per heavy atom. The van der Waals surface area contributed by atoms with Crippen molar-refractivity contribution in [2.45, 2.75) is 37.6 Å². The number of fused-ring (bicyclic) bond motifs is 1. The average molecular weight is 453 g/mol. The standard InChI is InChI=1S/C24H29FN6O2/c1-23(26,32)15-16-5-6-18-17(14-16)20(29-22(28-18)24(25)7-8-24)30-10-12-31(13-11-30)21-19(33-2)4-3-9-27-21/h3-6,9,14,32H,7-8,10-13,15,26H2,1-2H3. The first-order chi connectivity index (χ1) is 15.8. The van der Waals surface area contributed by atoms with Gasteiger partial charge in [0.2, 0.25) is 0 Å². The molecule has 0 radical (unpaired) electrons. The third-order valence-corrected chi connectivity index (χ3v) is 6.24. The highest BCUT2D eigenvalue weighted by atomic mass is 19.1. The molecule has 0 bridgehead atoms. The van der Waals surface area contributed by atoms with Gasteiger partial charge in [-0.05, 0) is 49.6 Å². The van der Waals surface area contributed by atoms with Gasteiger partial charge in [0.25, 0.3) is 0 Å². The van der Waals surface area contributed by atoms with Crippen molar-refractivity contribution in [3.8, 4) is 5.75 Å². The average Bonchev–Trinajstić information content (AvgIpc) is 3.56. The van der Waals surface area contributed by atoms with Crippen molar-refractivity contribution in [3.05, 3.63) is 47.9 Å². The van der Waals surface area contributed by atoms with Gasteiger partial charge in [-0.2, -0.15) is 0 Å². The van der Waals surface area contributed by atoms with E-state index in [9.17, 15) is 9.50 Å². The number of halogens is 1. The van der Waals surface area contributed by atoms with Crippen LogP contribution in [-0.4, -0.2) is 59.1 Å². The first-order valence-corrected chi connectivity index (χ1v) is 11.3. The van der Waals surface area contributed by atoms with Gasteiger partial charge in [-0.25, -0.2) is 19.3 Å². The third kappa shape index (κ3) is 4.43. The van der Waals surface area contributed by atoms with E-state index in [4.69, 9.17) is 15.5 Å². The summed E-state index contributed by atoms with van der Waals surface area (Å²) in [6.07, 6.45) is 2.97. The van der Waals surface area contributed by atoms with E-state index in [0.717, 1.165) is 41.4 Å². The Balaban J connectivity index is 1.48. The van der Waals surface area contributed by atoms with Crippen LogP contribution >= 0.6 is 0 Å². The van der Waals surface area contributed by atoms with Gasteiger partial charge >= 0.3 is 0 Å². The number of rotatable bonds is 6. The molecule has 9 heteroatoms. The molecule has 3 aromatic rings. The van der Waals surface area contributed by atoms with Crippen LogP contribution in [0.1, 0.15) is 31.2 Å². The van der Waals surface area contributed by atoms with Gasteiger partial charge in [0.15, 0.2) is 23.1 Å². The Hall–Kier alpha value is -3.04. The van der Waals surface area contributed by atoms with Crippen LogP contribution in [0.3, 0.4) is 0 Å². The largest absolute Gasteiger partial charge is 0.493 e. The second-order valence-corrected chi connectivity index (χ2v) is 9.22. The molecule has 1 aliphatic heterocycles. The Kier molecular flexibility index (Phi) is 5.33. The van der Waals surface area contributed by atoms with E-state index in [1.807, 2.05) is 30.3 Å². The molecular weight excluding hydrogens is 423 g/mol. The quantitative estimate of drug-likeness (QED) is 0.551. The van der Waals surface area contributed by atoms with E-state index < -0.39 is 11.4 Å². The van der Waals surface area contributed by atoms with E-state index >= 15 is 0 Å². The number of alkyl halides is 1. The number of nitrogens with zero attached hydrogens (tertiary/aromatic N) is 5. The zero-order valence-electron chi connectivity index (χ0n) is 19.0. The summed E-state index contributed by atoms with van der Waals surface area (Å²) in [5.41, 5.74) is 4.66. The molecule has 1 saturated heterocycles. The van der Waals surface area contributed by atoms with Gasteiger partial charge in [-0.15, -0.1) is 0 Å². The van der Waals surface area contributed by atoms with Crippen molar-refractivity contribution in [3.63, 3.8) is 0 Å². The fraction of sp³-hybridized carbons (Fsp3) is 0.458. The predicted molar refractivity (Wildman–Crippen MR) is 125 cm³/mol. The van der Waals surface area contributed by atoms with Gasteiger partial charge in [0, 0.05) is 44.2 Å². The Bertz CT molecular complexity index is 1170. The summed E-state index contributed by atoms with van der Waals surface area (Å²) in [5.74, 6) is 2.55. The molecule has 1 atom stereocenters. The second kappa shape index (κ2) is 8.07. The number of nitrogens with two attached hydrogens (primary N) is 1. The van der Waals surface area contributed by atoms with Crippen LogP contribution in [-0.2, 0) is 12.1 Å². The monoisotopic (exact) mass is 452 g/mol. The van der Waals surface area contributed by atoms with Gasteiger partial charge in [0.05, 0.1) is 12.6 Å². The lowest BCUT2D eigenvalue weighted by atomic mass is 10.0. The van der Waals surface area contributed by atoms with E-state index in [1.54, 1.807) is 20.2 Å². The van der Waals surface area contributed by atoms with E-state index in [0.29, 0.717) is 37.9 Å². The normalized spacial score (nSPS) is 19.4. The number of aliphatic hydroxyl groups is 1. The Labute approximate surface area is 192 Å². The van der Waals surface area contributed by atoms with Crippen molar-refractivity contribution in [2.24, 2.45) is 5.73 Å². The van der Waals surface area contributed by atoms with Crippen LogP contribution in [0.4, 0.5) is 16.0 Å². The highest BCUT2D eigenvalue weighted by Gasteiger charge is 2.48. The first-order valence-electron chi connectivity index (χ1n) is 11.3. The molecular formula is C24H29FN6O2. The molecule has 33 heavy (non-hydrogen) atoms. The number of pyridine rings is 1. The van der Waals surface area contributed by atoms with Gasteiger partial charge in [0.1, 0.15) is 11.5 Å². The molecule has 8 nitrogen and oxygen atoms in total. The van der Waals surface area contributed by atoms with Gasteiger partial charge < -0.3 is 25.4 Å². The lowest BCUT2D eigenvalue weighted by Crippen LogP contribution is -2.47. The number of hydrogen-bond acceptors (Lipinski definition) is 8. The Morgan fingerprint density at radius 3 is 2.45 bits per heavy atom. The SMILES string of the molecule is COc1cccnc1N1CCN(c2nc(C3(F)CC3)nc3ccc(CC(C)(N)O)cc23)CC1. The molecule has 1 aliphatic carbocycles. The zero-order chi connectivity index (χ0) is 23.2. The number of methoxy groups -OCH3 is 1. The van der Waals surface area contributed by atoms with Crippen LogP contribution < -0.4 is 20.3 Å². The van der Waals surface area contributed by atoms with Crippen molar-refractivity contribution in [2.75, 3.05) is 43.1 Å². The van der Waals surface area contributed by atoms with Crippen LogP contribution in [0, 0.1) is 0 Å². The van der Waals surface area contributed by atoms with E-state index in [-0.39, 0.29) is 5.82 Å². The minimum absolute atomic E-state index is 0.261.